The van der Waals surface area contributed by atoms with Gasteiger partial charge in [0.25, 0.3) is 0 Å². The summed E-state index contributed by atoms with van der Waals surface area (Å²) < 4.78 is 15.6. The van der Waals surface area contributed by atoms with E-state index in [2.05, 4.69) is 9.97 Å². The second-order valence-corrected chi connectivity index (χ2v) is 5.21. The van der Waals surface area contributed by atoms with E-state index in [-0.39, 0.29) is 5.82 Å². The van der Waals surface area contributed by atoms with Crippen molar-refractivity contribution in [1.29, 1.82) is 0 Å². The fourth-order valence-corrected chi connectivity index (χ4v) is 2.85. The fraction of sp³-hybridized carbons (Fsp3) is 0.231. The van der Waals surface area contributed by atoms with Gasteiger partial charge in [0.2, 0.25) is 0 Å². The smallest absolute Gasteiger partial charge is 0.160 e. The molecule has 0 spiro atoms. The lowest BCUT2D eigenvalue weighted by Gasteiger charge is -1.98. The largest absolute Gasteiger partial charge is 0.330 e. The minimum absolute atomic E-state index is 0.309. The molecule has 0 atom stereocenters. The Kier molecular flexibility index (Phi) is 3.04. The molecule has 2 aromatic heterocycles. The fourth-order valence-electron chi connectivity index (χ4n) is 2.06. The Morgan fingerprint density at radius 3 is 2.95 bits per heavy atom. The van der Waals surface area contributed by atoms with Crippen molar-refractivity contribution in [2.45, 2.75) is 6.42 Å². The van der Waals surface area contributed by atoms with Crippen molar-refractivity contribution in [1.82, 2.24) is 14.5 Å². The van der Waals surface area contributed by atoms with Crippen LogP contribution in [0.15, 0.2) is 23.6 Å². The van der Waals surface area contributed by atoms with Crippen LogP contribution in [0.4, 0.5) is 4.39 Å². The zero-order valence-corrected chi connectivity index (χ0v) is 11.2. The Morgan fingerprint density at radius 2 is 2.21 bits per heavy atom. The van der Waals surface area contributed by atoms with Crippen molar-refractivity contribution in [2.24, 2.45) is 12.8 Å². The Bertz CT molecular complexity index is 731. The quantitative estimate of drug-likeness (QED) is 0.799. The predicted octanol–water partition coefficient (Wildman–Crippen LogP) is 2.34. The highest BCUT2D eigenvalue weighted by molar-refractivity contribution is 7.09. The van der Waals surface area contributed by atoms with Crippen molar-refractivity contribution in [2.75, 3.05) is 6.54 Å². The summed E-state index contributed by atoms with van der Waals surface area (Å²) >= 11 is 1.55. The molecule has 0 unspecified atom stereocenters. The van der Waals surface area contributed by atoms with Crippen molar-refractivity contribution >= 4 is 22.4 Å². The highest BCUT2D eigenvalue weighted by Gasteiger charge is 2.14. The van der Waals surface area contributed by atoms with Gasteiger partial charge in [0.1, 0.15) is 11.2 Å². The predicted molar refractivity (Wildman–Crippen MR) is 74.5 cm³/mol. The number of hydrogen-bond acceptors (Lipinski definition) is 4. The standard InChI is InChI=1S/C13H13FN4S/c1-18-10-4-2-3-8(14)12(10)17-13(18)9-7-19-11(16-9)5-6-15/h2-4,7H,5-6,15H2,1H3. The van der Waals surface area contributed by atoms with Crippen LogP contribution in [0.5, 0.6) is 0 Å². The van der Waals surface area contributed by atoms with Gasteiger partial charge >= 0.3 is 0 Å². The maximum absolute atomic E-state index is 13.7. The number of benzene rings is 1. The van der Waals surface area contributed by atoms with E-state index in [1.165, 1.54) is 6.07 Å². The van der Waals surface area contributed by atoms with Gasteiger partial charge < -0.3 is 10.3 Å². The average molecular weight is 276 g/mol. The number of rotatable bonds is 3. The molecule has 6 heteroatoms. The third kappa shape index (κ3) is 2.02. The van der Waals surface area contributed by atoms with E-state index in [1.54, 1.807) is 17.4 Å². The normalized spacial score (nSPS) is 11.3. The highest BCUT2D eigenvalue weighted by Crippen LogP contribution is 2.26. The summed E-state index contributed by atoms with van der Waals surface area (Å²) in [5.74, 6) is 0.372. The Balaban J connectivity index is 2.14. The molecular weight excluding hydrogens is 263 g/mol. The zero-order valence-electron chi connectivity index (χ0n) is 10.4. The molecule has 0 amide bonds. The molecule has 0 aliphatic heterocycles. The van der Waals surface area contributed by atoms with Gasteiger partial charge in [0, 0.05) is 18.8 Å². The monoisotopic (exact) mass is 276 g/mol. The molecule has 2 N–H and O–H groups in total. The molecule has 0 saturated heterocycles. The molecule has 3 rings (SSSR count). The number of hydrogen-bond donors (Lipinski definition) is 1. The maximum Gasteiger partial charge on any atom is 0.160 e. The number of para-hydroxylation sites is 1. The van der Waals surface area contributed by atoms with Gasteiger partial charge in [-0.2, -0.15) is 0 Å². The Hall–Kier alpha value is -1.79. The summed E-state index contributed by atoms with van der Waals surface area (Å²) in [5.41, 5.74) is 7.44. The Labute approximate surface area is 113 Å². The molecule has 2 heterocycles. The van der Waals surface area contributed by atoms with E-state index in [1.807, 2.05) is 23.1 Å². The summed E-state index contributed by atoms with van der Waals surface area (Å²) in [6, 6.07) is 4.95. The first-order valence-electron chi connectivity index (χ1n) is 5.96. The van der Waals surface area contributed by atoms with Gasteiger partial charge in [-0.1, -0.05) is 6.07 Å². The lowest BCUT2D eigenvalue weighted by atomic mass is 10.3. The number of halogens is 1. The summed E-state index contributed by atoms with van der Waals surface area (Å²) in [6.07, 6.45) is 0.753. The van der Waals surface area contributed by atoms with E-state index in [9.17, 15) is 4.39 Å². The SMILES string of the molecule is Cn1c(-c2csc(CCN)n2)nc2c(F)cccc21. The van der Waals surface area contributed by atoms with Crippen LogP contribution < -0.4 is 5.73 Å². The molecule has 98 valence electrons. The van der Waals surface area contributed by atoms with Gasteiger partial charge in [-0.05, 0) is 18.7 Å². The first kappa shape index (κ1) is 12.3. The summed E-state index contributed by atoms with van der Waals surface area (Å²) in [7, 11) is 1.87. The molecular formula is C13H13FN4S. The topological polar surface area (TPSA) is 56.7 Å². The molecule has 0 aliphatic carbocycles. The lowest BCUT2D eigenvalue weighted by Crippen LogP contribution is -2.02. The van der Waals surface area contributed by atoms with Crippen LogP contribution in [-0.4, -0.2) is 21.1 Å². The molecule has 0 saturated carbocycles. The molecule has 0 radical (unpaired) electrons. The van der Waals surface area contributed by atoms with E-state index in [0.717, 1.165) is 22.6 Å². The van der Waals surface area contributed by atoms with Gasteiger partial charge in [0.15, 0.2) is 11.6 Å². The molecule has 0 aliphatic rings. The highest BCUT2D eigenvalue weighted by atomic mass is 32.1. The zero-order chi connectivity index (χ0) is 13.4. The van der Waals surface area contributed by atoms with Crippen LogP contribution in [0.1, 0.15) is 5.01 Å². The van der Waals surface area contributed by atoms with Crippen LogP contribution in [-0.2, 0) is 13.5 Å². The summed E-state index contributed by atoms with van der Waals surface area (Å²) in [6.45, 7) is 0.574. The third-order valence-electron chi connectivity index (χ3n) is 3.00. The van der Waals surface area contributed by atoms with E-state index in [4.69, 9.17) is 5.73 Å². The van der Waals surface area contributed by atoms with E-state index >= 15 is 0 Å². The van der Waals surface area contributed by atoms with Crippen molar-refractivity contribution in [3.05, 3.63) is 34.4 Å². The molecule has 3 aromatic rings. The molecule has 4 nitrogen and oxygen atoms in total. The molecule has 1 aromatic carbocycles. The number of thiazole rings is 1. The average Bonchev–Trinajstić information content (AvgIpc) is 2.97. The van der Waals surface area contributed by atoms with E-state index < -0.39 is 0 Å². The van der Waals surface area contributed by atoms with Crippen LogP contribution in [0.2, 0.25) is 0 Å². The van der Waals surface area contributed by atoms with Gasteiger partial charge in [-0.25, -0.2) is 14.4 Å². The first-order valence-corrected chi connectivity index (χ1v) is 6.84. The van der Waals surface area contributed by atoms with Crippen molar-refractivity contribution < 1.29 is 4.39 Å². The first-order chi connectivity index (χ1) is 9.20. The van der Waals surface area contributed by atoms with Crippen LogP contribution in [0.3, 0.4) is 0 Å². The minimum atomic E-state index is -0.309. The number of nitrogens with two attached hydrogens (primary N) is 1. The molecule has 19 heavy (non-hydrogen) atoms. The van der Waals surface area contributed by atoms with Crippen molar-refractivity contribution in [3.63, 3.8) is 0 Å². The summed E-state index contributed by atoms with van der Waals surface area (Å²) in [5, 5.41) is 2.91. The number of fused-ring (bicyclic) bond motifs is 1. The summed E-state index contributed by atoms with van der Waals surface area (Å²) in [4.78, 5) is 8.85. The van der Waals surface area contributed by atoms with E-state index in [0.29, 0.717) is 17.9 Å². The third-order valence-corrected chi connectivity index (χ3v) is 3.91. The Morgan fingerprint density at radius 1 is 1.37 bits per heavy atom. The second-order valence-electron chi connectivity index (χ2n) is 4.27. The van der Waals surface area contributed by atoms with Gasteiger partial charge in [-0.3, -0.25) is 0 Å². The maximum atomic E-state index is 13.7. The van der Waals surface area contributed by atoms with Gasteiger partial charge in [0.05, 0.1) is 10.5 Å². The van der Waals surface area contributed by atoms with Crippen LogP contribution in [0, 0.1) is 5.82 Å². The molecule has 0 fully saturated rings. The van der Waals surface area contributed by atoms with Crippen LogP contribution in [0.25, 0.3) is 22.6 Å². The number of nitrogens with zero attached hydrogens (tertiary/aromatic N) is 3. The number of aryl methyl sites for hydroxylation is 1. The molecule has 0 bridgehead atoms. The van der Waals surface area contributed by atoms with Crippen molar-refractivity contribution in [3.8, 4) is 11.5 Å². The minimum Gasteiger partial charge on any atom is -0.330 e. The second kappa shape index (κ2) is 4.71. The lowest BCUT2D eigenvalue weighted by molar-refractivity contribution is 0.637. The number of aromatic nitrogens is 3. The van der Waals surface area contributed by atoms with Gasteiger partial charge in [-0.15, -0.1) is 11.3 Å². The number of imidazole rings is 1. The van der Waals surface area contributed by atoms with Crippen LogP contribution >= 0.6 is 11.3 Å².